The van der Waals surface area contributed by atoms with Crippen molar-refractivity contribution >= 4 is 11.3 Å². The number of nitrogens with two attached hydrogens (primary N) is 1. The largest absolute Gasteiger partial charge is 0.320 e. The van der Waals surface area contributed by atoms with E-state index in [0.29, 0.717) is 12.0 Å². The Morgan fingerprint density at radius 3 is 3.00 bits per heavy atom. The molecule has 1 aromatic heterocycles. The Balaban J connectivity index is 1.92. The molecular formula is C16H24N2S. The number of likely N-dealkylation sites (tertiary alicyclic amines) is 1. The summed E-state index contributed by atoms with van der Waals surface area (Å²) in [7, 11) is 0. The molecule has 0 aromatic carbocycles. The number of thiophene rings is 1. The molecule has 1 aliphatic heterocycles. The van der Waals surface area contributed by atoms with E-state index in [9.17, 15) is 0 Å². The van der Waals surface area contributed by atoms with E-state index in [2.05, 4.69) is 42.0 Å². The van der Waals surface area contributed by atoms with Crippen LogP contribution in [-0.4, -0.2) is 24.5 Å². The average molecular weight is 276 g/mol. The van der Waals surface area contributed by atoms with Crippen LogP contribution in [0.1, 0.15) is 43.6 Å². The van der Waals surface area contributed by atoms with Gasteiger partial charge in [-0.1, -0.05) is 25.7 Å². The van der Waals surface area contributed by atoms with Crippen molar-refractivity contribution < 1.29 is 0 Å². The maximum atomic E-state index is 5.40. The van der Waals surface area contributed by atoms with Crippen molar-refractivity contribution in [1.82, 2.24) is 4.90 Å². The Morgan fingerprint density at radius 1 is 1.37 bits per heavy atom. The number of hydrogen-bond acceptors (Lipinski definition) is 3. The van der Waals surface area contributed by atoms with Gasteiger partial charge in [-0.15, -0.1) is 11.3 Å². The van der Waals surface area contributed by atoms with Crippen LogP contribution in [0.2, 0.25) is 0 Å². The third kappa shape index (κ3) is 4.65. The van der Waals surface area contributed by atoms with Gasteiger partial charge in [0.2, 0.25) is 0 Å². The normalized spacial score (nSPS) is 19.5. The number of rotatable bonds is 2. The molecule has 0 radical (unpaired) electrons. The van der Waals surface area contributed by atoms with E-state index < -0.39 is 0 Å². The Labute approximate surface area is 121 Å². The third-order valence-corrected chi connectivity index (χ3v) is 4.72. The standard InChI is InChI=1S/C16H24N2S/c1-16(2)6-4-9-18(10-7-16)12-15-11-14(13-19-15)5-3-8-17/h11,13H,4,6-10,12,17H2,1-2H3. The van der Waals surface area contributed by atoms with Crippen LogP contribution in [-0.2, 0) is 6.54 Å². The molecule has 19 heavy (non-hydrogen) atoms. The lowest BCUT2D eigenvalue weighted by Gasteiger charge is -2.22. The highest BCUT2D eigenvalue weighted by Crippen LogP contribution is 2.30. The van der Waals surface area contributed by atoms with Crippen molar-refractivity contribution in [2.45, 2.75) is 39.7 Å². The molecule has 0 aliphatic carbocycles. The van der Waals surface area contributed by atoms with Gasteiger partial charge in [-0.25, -0.2) is 0 Å². The molecule has 1 fully saturated rings. The molecule has 0 saturated carbocycles. The van der Waals surface area contributed by atoms with Gasteiger partial charge in [0.15, 0.2) is 0 Å². The Hall–Kier alpha value is -0.820. The van der Waals surface area contributed by atoms with Crippen molar-refractivity contribution in [2.24, 2.45) is 11.1 Å². The molecular weight excluding hydrogens is 252 g/mol. The Morgan fingerprint density at radius 2 is 2.21 bits per heavy atom. The fraction of sp³-hybridized carbons (Fsp3) is 0.625. The van der Waals surface area contributed by atoms with E-state index in [-0.39, 0.29) is 0 Å². The summed E-state index contributed by atoms with van der Waals surface area (Å²) < 4.78 is 0. The van der Waals surface area contributed by atoms with E-state index in [1.54, 1.807) is 0 Å². The minimum atomic E-state index is 0.437. The Bertz CT molecular complexity index is 465. The van der Waals surface area contributed by atoms with Crippen molar-refractivity contribution in [3.63, 3.8) is 0 Å². The summed E-state index contributed by atoms with van der Waals surface area (Å²) in [4.78, 5) is 4.00. The lowest BCUT2D eigenvalue weighted by atomic mass is 9.85. The minimum absolute atomic E-state index is 0.437. The van der Waals surface area contributed by atoms with E-state index in [0.717, 1.165) is 12.1 Å². The summed E-state index contributed by atoms with van der Waals surface area (Å²) in [6, 6.07) is 2.21. The molecule has 2 rings (SSSR count). The van der Waals surface area contributed by atoms with Crippen molar-refractivity contribution in [3.05, 3.63) is 21.9 Å². The Kier molecular flexibility index (Phi) is 5.04. The minimum Gasteiger partial charge on any atom is -0.320 e. The second-order valence-corrected chi connectivity index (χ2v) is 7.10. The van der Waals surface area contributed by atoms with Gasteiger partial charge in [-0.05, 0) is 43.8 Å². The first-order valence-corrected chi connectivity index (χ1v) is 7.96. The highest BCUT2D eigenvalue weighted by atomic mass is 32.1. The average Bonchev–Trinajstić information content (AvgIpc) is 2.73. The van der Waals surface area contributed by atoms with E-state index in [1.165, 1.54) is 37.2 Å². The van der Waals surface area contributed by atoms with E-state index >= 15 is 0 Å². The molecule has 2 heterocycles. The molecule has 0 amide bonds. The summed E-state index contributed by atoms with van der Waals surface area (Å²) in [5.74, 6) is 6.02. The molecule has 0 bridgehead atoms. The molecule has 0 spiro atoms. The zero-order valence-corrected chi connectivity index (χ0v) is 12.9. The molecule has 2 nitrogen and oxygen atoms in total. The predicted molar refractivity (Wildman–Crippen MR) is 83.2 cm³/mol. The van der Waals surface area contributed by atoms with E-state index in [1.807, 2.05) is 11.3 Å². The zero-order chi connectivity index (χ0) is 13.7. The van der Waals surface area contributed by atoms with Crippen LogP contribution < -0.4 is 5.73 Å². The topological polar surface area (TPSA) is 29.3 Å². The molecule has 0 atom stereocenters. The summed E-state index contributed by atoms with van der Waals surface area (Å²) in [6.45, 7) is 8.74. The third-order valence-electron chi connectivity index (χ3n) is 3.80. The van der Waals surface area contributed by atoms with Gasteiger partial charge in [0.25, 0.3) is 0 Å². The van der Waals surface area contributed by atoms with Crippen molar-refractivity contribution in [1.29, 1.82) is 0 Å². The van der Waals surface area contributed by atoms with Gasteiger partial charge >= 0.3 is 0 Å². The second-order valence-electron chi connectivity index (χ2n) is 6.10. The van der Waals surface area contributed by atoms with Gasteiger partial charge in [-0.3, -0.25) is 4.90 Å². The maximum Gasteiger partial charge on any atom is 0.0555 e. The van der Waals surface area contributed by atoms with Gasteiger partial charge in [0.1, 0.15) is 0 Å². The summed E-state index contributed by atoms with van der Waals surface area (Å²) in [6.07, 6.45) is 3.97. The second kappa shape index (κ2) is 6.56. The quantitative estimate of drug-likeness (QED) is 0.841. The first kappa shape index (κ1) is 14.6. The molecule has 1 aromatic rings. The van der Waals surface area contributed by atoms with Crippen LogP contribution in [0, 0.1) is 17.3 Å². The van der Waals surface area contributed by atoms with Crippen LogP contribution in [0.25, 0.3) is 0 Å². The molecule has 104 valence electrons. The first-order valence-electron chi connectivity index (χ1n) is 7.08. The molecule has 3 heteroatoms. The smallest absolute Gasteiger partial charge is 0.0555 e. The van der Waals surface area contributed by atoms with Gasteiger partial charge in [0, 0.05) is 22.4 Å². The number of hydrogen-bond donors (Lipinski definition) is 1. The van der Waals surface area contributed by atoms with Gasteiger partial charge in [0.05, 0.1) is 6.54 Å². The van der Waals surface area contributed by atoms with Crippen LogP contribution in [0.3, 0.4) is 0 Å². The lowest BCUT2D eigenvalue weighted by molar-refractivity contribution is 0.257. The van der Waals surface area contributed by atoms with Gasteiger partial charge < -0.3 is 5.73 Å². The summed E-state index contributed by atoms with van der Waals surface area (Å²) in [5, 5.41) is 2.14. The van der Waals surface area contributed by atoms with Gasteiger partial charge in [-0.2, -0.15) is 0 Å². The lowest BCUT2D eigenvalue weighted by Crippen LogP contribution is -2.24. The summed E-state index contributed by atoms with van der Waals surface area (Å²) in [5.41, 5.74) is 7.02. The SMILES string of the molecule is CC1(C)CCCN(Cc2cc(C#CCN)cs2)CC1. The monoisotopic (exact) mass is 276 g/mol. The molecule has 2 N–H and O–H groups in total. The fourth-order valence-corrected chi connectivity index (χ4v) is 3.40. The van der Waals surface area contributed by atoms with Crippen LogP contribution in [0.4, 0.5) is 0 Å². The van der Waals surface area contributed by atoms with Crippen molar-refractivity contribution in [2.75, 3.05) is 19.6 Å². The molecule has 1 saturated heterocycles. The van der Waals surface area contributed by atoms with Crippen LogP contribution in [0.5, 0.6) is 0 Å². The molecule has 0 unspecified atom stereocenters. The summed E-state index contributed by atoms with van der Waals surface area (Å²) >= 11 is 1.82. The number of nitrogens with zero attached hydrogens (tertiary/aromatic N) is 1. The highest BCUT2D eigenvalue weighted by Gasteiger charge is 2.23. The van der Waals surface area contributed by atoms with Crippen molar-refractivity contribution in [3.8, 4) is 11.8 Å². The highest BCUT2D eigenvalue weighted by molar-refractivity contribution is 7.10. The van der Waals surface area contributed by atoms with E-state index in [4.69, 9.17) is 5.73 Å². The molecule has 1 aliphatic rings. The van der Waals surface area contributed by atoms with Crippen LogP contribution >= 0.6 is 11.3 Å². The first-order chi connectivity index (χ1) is 9.09. The maximum absolute atomic E-state index is 5.40. The van der Waals surface area contributed by atoms with Crippen LogP contribution in [0.15, 0.2) is 11.4 Å². The zero-order valence-electron chi connectivity index (χ0n) is 12.0. The fourth-order valence-electron chi connectivity index (χ4n) is 2.54. The predicted octanol–water partition coefficient (Wildman–Crippen LogP) is 3.07.